The van der Waals surface area contributed by atoms with Crippen LogP contribution in [0.3, 0.4) is 0 Å². The predicted octanol–water partition coefficient (Wildman–Crippen LogP) is 2.37. The van der Waals surface area contributed by atoms with Gasteiger partial charge in [-0.3, -0.25) is 28.8 Å². The molecule has 2 atom stereocenters. The highest BCUT2D eigenvalue weighted by molar-refractivity contribution is 8.00. The average molecular weight is 464 g/mol. The highest BCUT2D eigenvalue weighted by Gasteiger charge is 2.37. The number of hydrogen-bond donors (Lipinski definition) is 3. The van der Waals surface area contributed by atoms with Crippen LogP contribution in [-0.4, -0.2) is 54.5 Å². The third-order valence-corrected chi connectivity index (χ3v) is 7.37. The van der Waals surface area contributed by atoms with Crippen LogP contribution >= 0.6 is 11.8 Å². The van der Waals surface area contributed by atoms with Crippen molar-refractivity contribution in [2.45, 2.75) is 70.4 Å². The number of carbonyl (C=O) groups is 2. The van der Waals surface area contributed by atoms with Crippen molar-refractivity contribution in [1.29, 1.82) is 0 Å². The summed E-state index contributed by atoms with van der Waals surface area (Å²) in [5.41, 5.74) is 2.34. The van der Waals surface area contributed by atoms with E-state index in [4.69, 9.17) is 9.84 Å². The van der Waals surface area contributed by atoms with Gasteiger partial charge in [0.05, 0.1) is 46.9 Å². The Morgan fingerprint density at radius 3 is 2.75 bits per heavy atom. The second-order valence-corrected chi connectivity index (χ2v) is 10.1. The van der Waals surface area contributed by atoms with Crippen LogP contribution in [0.2, 0.25) is 0 Å². The lowest BCUT2D eigenvalue weighted by Gasteiger charge is -2.36. The smallest absolute Gasteiger partial charge is 0.305 e. The quantitative estimate of drug-likeness (QED) is 0.620. The van der Waals surface area contributed by atoms with Gasteiger partial charge in [0, 0.05) is 17.9 Å². The zero-order valence-corrected chi connectivity index (χ0v) is 19.5. The molecule has 1 fully saturated rings. The first-order chi connectivity index (χ1) is 15.1. The van der Waals surface area contributed by atoms with Gasteiger partial charge in [-0.15, -0.1) is 11.8 Å². The Morgan fingerprint density at radius 1 is 1.31 bits per heavy atom. The lowest BCUT2D eigenvalue weighted by molar-refractivity contribution is -0.137. The molecule has 0 radical (unpaired) electrons. The molecular weight excluding hydrogens is 434 g/mol. The van der Waals surface area contributed by atoms with E-state index in [1.54, 1.807) is 9.36 Å². The number of nitrogens with zero attached hydrogens (tertiary/aromatic N) is 3. The fourth-order valence-electron chi connectivity index (χ4n) is 4.68. The number of carbonyl (C=O) groups excluding carboxylic acids is 1. The van der Waals surface area contributed by atoms with E-state index in [2.05, 4.69) is 15.5 Å². The summed E-state index contributed by atoms with van der Waals surface area (Å²) >= 11 is 1.39. The third-order valence-electron chi connectivity index (χ3n) is 6.14. The molecule has 2 aromatic rings. The van der Waals surface area contributed by atoms with Crippen molar-refractivity contribution in [3.63, 3.8) is 0 Å². The lowest BCUT2D eigenvalue weighted by atomic mass is 9.94. The Morgan fingerprint density at radius 2 is 2.06 bits per heavy atom. The van der Waals surface area contributed by atoms with Crippen LogP contribution in [0, 0.1) is 13.8 Å². The van der Waals surface area contributed by atoms with E-state index in [1.165, 1.54) is 11.8 Å². The van der Waals surface area contributed by atoms with Gasteiger partial charge in [0.2, 0.25) is 5.91 Å². The second-order valence-electron chi connectivity index (χ2n) is 9.02. The maximum absolute atomic E-state index is 13.2. The molecule has 2 aliphatic heterocycles. The number of amides is 1. The summed E-state index contributed by atoms with van der Waals surface area (Å²) in [6, 6.07) is -0.000247. The molecule has 10 nitrogen and oxygen atoms in total. The SMILES string of the molecule is Cc1nn(CCC(=O)O)c(C)c1[C@H]1SCC(=O)Nc2c1c(=O)[nH]n2[C@H]1CCOC(C)(C)C1. The third kappa shape index (κ3) is 4.23. The van der Waals surface area contributed by atoms with Crippen molar-refractivity contribution in [3.8, 4) is 0 Å². The molecule has 1 amide bonds. The summed E-state index contributed by atoms with van der Waals surface area (Å²) in [6.07, 6.45) is 1.41. The minimum absolute atomic E-state index is 0.000247. The van der Waals surface area contributed by atoms with Gasteiger partial charge in [-0.1, -0.05) is 0 Å². The minimum atomic E-state index is -0.895. The Bertz CT molecular complexity index is 1110. The molecular formula is C21H29N5O5S. The first-order valence-electron chi connectivity index (χ1n) is 10.7. The fraction of sp³-hybridized carbons (Fsp3) is 0.619. The standard InChI is InChI=1S/C21H29N5O5S/c1-11-16(12(2)25(23-11)7-5-15(28)29)18-17-19(22-14(27)10-32-18)26(24-20(17)30)13-6-8-31-21(3,4)9-13/h13,18H,5-10H2,1-4H3,(H,22,27)(H,24,30)(H,28,29)/t13-,18+/m0/s1. The number of hydrogen-bond acceptors (Lipinski definition) is 6. The van der Waals surface area contributed by atoms with Gasteiger partial charge in [-0.05, 0) is 40.5 Å². The van der Waals surface area contributed by atoms with Crippen molar-refractivity contribution >= 4 is 29.5 Å². The number of aromatic amines is 1. The Kier molecular flexibility index (Phi) is 5.97. The van der Waals surface area contributed by atoms with Crippen LogP contribution in [-0.2, 0) is 20.9 Å². The second kappa shape index (κ2) is 8.43. The molecule has 0 aromatic carbocycles. The fourth-order valence-corrected chi connectivity index (χ4v) is 5.96. The summed E-state index contributed by atoms with van der Waals surface area (Å²) in [6.45, 7) is 8.60. The van der Waals surface area contributed by atoms with E-state index in [0.717, 1.165) is 23.4 Å². The molecule has 2 aromatic heterocycles. The maximum atomic E-state index is 13.2. The van der Waals surface area contributed by atoms with Gasteiger partial charge in [-0.2, -0.15) is 5.10 Å². The number of rotatable bonds is 5. The van der Waals surface area contributed by atoms with Gasteiger partial charge in [0.25, 0.3) is 5.56 Å². The monoisotopic (exact) mass is 463 g/mol. The Balaban J connectivity index is 1.78. The number of H-pyrrole nitrogens is 1. The van der Waals surface area contributed by atoms with E-state index in [0.29, 0.717) is 24.4 Å². The molecule has 4 rings (SSSR count). The minimum Gasteiger partial charge on any atom is -0.481 e. The van der Waals surface area contributed by atoms with Crippen molar-refractivity contribution < 1.29 is 19.4 Å². The number of fused-ring (bicyclic) bond motifs is 1. The van der Waals surface area contributed by atoms with Gasteiger partial charge >= 0.3 is 5.97 Å². The molecule has 32 heavy (non-hydrogen) atoms. The van der Waals surface area contributed by atoms with Crippen molar-refractivity contribution in [1.82, 2.24) is 19.6 Å². The normalized spacial score (nSPS) is 22.8. The molecule has 3 N–H and O–H groups in total. The van der Waals surface area contributed by atoms with E-state index in [-0.39, 0.29) is 47.1 Å². The number of aliphatic carboxylic acids is 1. The zero-order chi connectivity index (χ0) is 23.2. The van der Waals surface area contributed by atoms with E-state index < -0.39 is 5.97 Å². The van der Waals surface area contributed by atoms with Crippen LogP contribution in [0.25, 0.3) is 0 Å². The Labute approximate surface area is 189 Å². The zero-order valence-electron chi connectivity index (χ0n) is 18.7. The summed E-state index contributed by atoms with van der Waals surface area (Å²) in [5.74, 6) is -0.342. The maximum Gasteiger partial charge on any atom is 0.305 e. The number of nitrogens with one attached hydrogen (secondary N) is 2. The summed E-state index contributed by atoms with van der Waals surface area (Å²) < 4.78 is 9.30. The summed E-state index contributed by atoms with van der Waals surface area (Å²) in [5, 5.41) is 19.1. The summed E-state index contributed by atoms with van der Waals surface area (Å²) in [7, 11) is 0. The number of thioether (sulfide) groups is 1. The molecule has 4 heterocycles. The molecule has 0 aliphatic carbocycles. The largest absolute Gasteiger partial charge is 0.481 e. The summed E-state index contributed by atoms with van der Waals surface area (Å²) in [4.78, 5) is 36.8. The topological polar surface area (TPSA) is 131 Å². The highest BCUT2D eigenvalue weighted by atomic mass is 32.2. The van der Waals surface area contributed by atoms with E-state index >= 15 is 0 Å². The number of carboxylic acids is 1. The van der Waals surface area contributed by atoms with Gasteiger partial charge in [0.1, 0.15) is 5.82 Å². The highest BCUT2D eigenvalue weighted by Crippen LogP contribution is 2.44. The van der Waals surface area contributed by atoms with Crippen LogP contribution in [0.5, 0.6) is 0 Å². The van der Waals surface area contributed by atoms with Gasteiger partial charge in [-0.25, -0.2) is 0 Å². The van der Waals surface area contributed by atoms with Crippen LogP contribution in [0.1, 0.15) is 66.9 Å². The lowest BCUT2D eigenvalue weighted by Crippen LogP contribution is -2.36. The number of anilines is 1. The number of carboxylic acid groups (broad SMARTS) is 1. The van der Waals surface area contributed by atoms with E-state index in [1.807, 2.05) is 27.7 Å². The molecule has 1 saturated heterocycles. The molecule has 0 spiro atoms. The molecule has 0 bridgehead atoms. The molecule has 0 unspecified atom stereocenters. The van der Waals surface area contributed by atoms with E-state index in [9.17, 15) is 14.4 Å². The van der Waals surface area contributed by atoms with Crippen molar-refractivity contribution in [2.75, 3.05) is 17.7 Å². The number of aryl methyl sites for hydroxylation is 2. The molecule has 2 aliphatic rings. The first kappa shape index (κ1) is 22.7. The van der Waals surface area contributed by atoms with Gasteiger partial charge < -0.3 is 15.2 Å². The number of ether oxygens (including phenoxy) is 1. The van der Waals surface area contributed by atoms with Crippen LogP contribution < -0.4 is 10.9 Å². The predicted molar refractivity (Wildman–Crippen MR) is 120 cm³/mol. The van der Waals surface area contributed by atoms with Crippen LogP contribution in [0.15, 0.2) is 4.79 Å². The number of aromatic nitrogens is 4. The van der Waals surface area contributed by atoms with Crippen LogP contribution in [0.4, 0.5) is 5.82 Å². The van der Waals surface area contributed by atoms with Crippen molar-refractivity contribution in [2.24, 2.45) is 0 Å². The van der Waals surface area contributed by atoms with Crippen molar-refractivity contribution in [3.05, 3.63) is 32.9 Å². The Hall–Kier alpha value is -2.53. The molecule has 11 heteroatoms. The molecule has 174 valence electrons. The van der Waals surface area contributed by atoms with Gasteiger partial charge in [0.15, 0.2) is 0 Å². The molecule has 0 saturated carbocycles. The average Bonchev–Trinajstić information content (AvgIpc) is 3.09. The first-order valence-corrected chi connectivity index (χ1v) is 11.8.